The molecule has 0 atom stereocenters. The summed E-state index contributed by atoms with van der Waals surface area (Å²) in [6, 6.07) is 3.54. The molecular formula is C16H20N4O3. The van der Waals surface area contributed by atoms with E-state index < -0.39 is 11.5 Å². The van der Waals surface area contributed by atoms with Gasteiger partial charge in [0.1, 0.15) is 11.2 Å². The lowest BCUT2D eigenvalue weighted by atomic mass is 10.1. The molecule has 2 aromatic heterocycles. The monoisotopic (exact) mass is 316 g/mol. The van der Waals surface area contributed by atoms with Crippen LogP contribution in [0.5, 0.6) is 0 Å². The van der Waals surface area contributed by atoms with Gasteiger partial charge in [0.05, 0.1) is 6.54 Å². The molecule has 0 radical (unpaired) electrons. The highest BCUT2D eigenvalue weighted by atomic mass is 16.2. The van der Waals surface area contributed by atoms with E-state index in [1.165, 1.54) is 10.6 Å². The summed E-state index contributed by atoms with van der Waals surface area (Å²) in [7, 11) is 0. The van der Waals surface area contributed by atoms with Crippen LogP contribution >= 0.6 is 0 Å². The summed E-state index contributed by atoms with van der Waals surface area (Å²) in [6.07, 6.45) is 2.84. The second kappa shape index (κ2) is 6.20. The van der Waals surface area contributed by atoms with Crippen molar-refractivity contribution in [2.45, 2.75) is 33.2 Å². The van der Waals surface area contributed by atoms with Crippen molar-refractivity contribution in [1.82, 2.24) is 20.0 Å². The predicted octanol–water partition coefficient (Wildman–Crippen LogP) is 0.647. The van der Waals surface area contributed by atoms with Crippen molar-refractivity contribution in [3.05, 3.63) is 46.0 Å². The number of rotatable bonds is 3. The van der Waals surface area contributed by atoms with Crippen molar-refractivity contribution >= 4 is 17.5 Å². The van der Waals surface area contributed by atoms with Gasteiger partial charge in [0.2, 0.25) is 5.91 Å². The Kier molecular flexibility index (Phi) is 4.49. The van der Waals surface area contributed by atoms with Crippen molar-refractivity contribution in [2.24, 2.45) is 0 Å². The topological polar surface area (TPSA) is 92.6 Å². The molecule has 0 fully saturated rings. The SMILES string of the molecule is Cc1ccc2ncc(C(=O)NCC(=O)NC(C)(C)C)c(=O)n2c1. The number of nitrogens with one attached hydrogen (secondary N) is 2. The van der Waals surface area contributed by atoms with Gasteiger partial charge in [-0.25, -0.2) is 4.98 Å². The minimum Gasteiger partial charge on any atom is -0.350 e. The number of hydrogen-bond donors (Lipinski definition) is 2. The summed E-state index contributed by atoms with van der Waals surface area (Å²) >= 11 is 0. The van der Waals surface area contributed by atoms with Crippen molar-refractivity contribution in [2.75, 3.05) is 6.54 Å². The number of pyridine rings is 1. The van der Waals surface area contributed by atoms with Gasteiger partial charge >= 0.3 is 0 Å². The zero-order valence-corrected chi connectivity index (χ0v) is 13.6. The van der Waals surface area contributed by atoms with Gasteiger partial charge in [-0.15, -0.1) is 0 Å². The van der Waals surface area contributed by atoms with Crippen LogP contribution in [0.15, 0.2) is 29.3 Å². The zero-order valence-electron chi connectivity index (χ0n) is 13.6. The number of carbonyl (C=O) groups is 2. The molecular weight excluding hydrogens is 296 g/mol. The lowest BCUT2D eigenvalue weighted by Crippen LogP contribution is -2.46. The Hall–Kier alpha value is -2.70. The molecule has 2 aromatic rings. The molecule has 2 N–H and O–H groups in total. The highest BCUT2D eigenvalue weighted by Gasteiger charge is 2.17. The average Bonchev–Trinajstić information content (AvgIpc) is 2.44. The van der Waals surface area contributed by atoms with Gasteiger partial charge in [-0.2, -0.15) is 0 Å². The molecule has 0 saturated carbocycles. The minimum absolute atomic E-state index is 0.100. The first-order valence-corrected chi connectivity index (χ1v) is 7.24. The molecule has 2 rings (SSSR count). The third kappa shape index (κ3) is 4.15. The van der Waals surface area contributed by atoms with E-state index >= 15 is 0 Å². The van der Waals surface area contributed by atoms with E-state index in [-0.39, 0.29) is 23.6 Å². The van der Waals surface area contributed by atoms with E-state index in [1.807, 2.05) is 33.8 Å². The average molecular weight is 316 g/mol. The molecule has 0 spiro atoms. The molecule has 2 heterocycles. The van der Waals surface area contributed by atoms with E-state index in [4.69, 9.17) is 0 Å². The highest BCUT2D eigenvalue weighted by Crippen LogP contribution is 2.02. The van der Waals surface area contributed by atoms with Crippen LogP contribution in [0.1, 0.15) is 36.7 Å². The molecule has 7 heteroatoms. The number of hydrogen-bond acceptors (Lipinski definition) is 4. The first kappa shape index (κ1) is 16.7. The van der Waals surface area contributed by atoms with Crippen LogP contribution in [0.25, 0.3) is 5.65 Å². The fraction of sp³-hybridized carbons (Fsp3) is 0.375. The van der Waals surface area contributed by atoms with Crippen LogP contribution in [0, 0.1) is 6.92 Å². The van der Waals surface area contributed by atoms with Gasteiger partial charge in [-0.05, 0) is 39.3 Å². The van der Waals surface area contributed by atoms with Crippen LogP contribution < -0.4 is 16.2 Å². The zero-order chi connectivity index (χ0) is 17.2. The molecule has 2 amide bonds. The van der Waals surface area contributed by atoms with Crippen LogP contribution in [0.4, 0.5) is 0 Å². The van der Waals surface area contributed by atoms with Crippen molar-refractivity contribution in [1.29, 1.82) is 0 Å². The molecule has 0 aliphatic heterocycles. The molecule has 0 aliphatic rings. The van der Waals surface area contributed by atoms with Crippen molar-refractivity contribution in [3.8, 4) is 0 Å². The highest BCUT2D eigenvalue weighted by molar-refractivity contribution is 5.96. The van der Waals surface area contributed by atoms with Gasteiger partial charge in [0.25, 0.3) is 11.5 Å². The number of carbonyl (C=O) groups excluding carboxylic acids is 2. The number of aryl methyl sites for hydroxylation is 1. The first-order chi connectivity index (χ1) is 10.7. The Bertz CT molecular complexity index is 818. The molecule has 7 nitrogen and oxygen atoms in total. The standard InChI is InChI=1S/C16H20N4O3/c1-10-5-6-12-17-7-11(15(23)20(12)9-10)14(22)18-8-13(21)19-16(2,3)4/h5-7,9H,8H2,1-4H3,(H,18,22)(H,19,21). The smallest absolute Gasteiger partial charge is 0.270 e. The Morgan fingerprint density at radius 1 is 1.26 bits per heavy atom. The number of nitrogens with zero attached hydrogens (tertiary/aromatic N) is 2. The number of amides is 2. The molecule has 0 aliphatic carbocycles. The second-order valence-electron chi connectivity index (χ2n) is 6.39. The van der Waals surface area contributed by atoms with Crippen molar-refractivity contribution < 1.29 is 9.59 Å². The molecule has 23 heavy (non-hydrogen) atoms. The van der Waals surface area contributed by atoms with E-state index in [0.29, 0.717) is 5.65 Å². The molecule has 0 saturated heterocycles. The minimum atomic E-state index is -0.623. The van der Waals surface area contributed by atoms with Crippen LogP contribution in [0.3, 0.4) is 0 Å². The molecule has 0 bridgehead atoms. The van der Waals surface area contributed by atoms with E-state index in [9.17, 15) is 14.4 Å². The quantitative estimate of drug-likeness (QED) is 0.869. The van der Waals surface area contributed by atoms with Gasteiger partial charge in [0.15, 0.2) is 0 Å². The maximum atomic E-state index is 12.4. The number of aromatic nitrogens is 2. The maximum absolute atomic E-state index is 12.4. The molecule has 0 aromatic carbocycles. The first-order valence-electron chi connectivity index (χ1n) is 7.24. The lowest BCUT2D eigenvalue weighted by Gasteiger charge is -2.20. The fourth-order valence-corrected chi connectivity index (χ4v) is 2.06. The maximum Gasteiger partial charge on any atom is 0.270 e. The summed E-state index contributed by atoms with van der Waals surface area (Å²) in [4.78, 5) is 40.3. The summed E-state index contributed by atoms with van der Waals surface area (Å²) in [6.45, 7) is 7.17. The summed E-state index contributed by atoms with van der Waals surface area (Å²) in [5.74, 6) is -0.946. The lowest BCUT2D eigenvalue weighted by molar-refractivity contribution is -0.121. The van der Waals surface area contributed by atoms with E-state index in [1.54, 1.807) is 12.3 Å². The van der Waals surface area contributed by atoms with E-state index in [0.717, 1.165) is 5.56 Å². The Morgan fingerprint density at radius 2 is 1.96 bits per heavy atom. The third-order valence-electron chi connectivity index (χ3n) is 3.02. The predicted molar refractivity (Wildman–Crippen MR) is 86.4 cm³/mol. The molecule has 0 unspecified atom stereocenters. The fourth-order valence-electron chi connectivity index (χ4n) is 2.06. The van der Waals surface area contributed by atoms with Gasteiger partial charge in [-0.3, -0.25) is 18.8 Å². The Labute approximate surface area is 133 Å². The van der Waals surface area contributed by atoms with Crippen LogP contribution in [-0.2, 0) is 4.79 Å². The van der Waals surface area contributed by atoms with Crippen molar-refractivity contribution in [3.63, 3.8) is 0 Å². The normalized spacial score (nSPS) is 11.3. The summed E-state index contributed by atoms with van der Waals surface area (Å²) in [5, 5.41) is 5.16. The van der Waals surface area contributed by atoms with Gasteiger partial charge in [-0.1, -0.05) is 6.07 Å². The summed E-state index contributed by atoms with van der Waals surface area (Å²) < 4.78 is 1.32. The van der Waals surface area contributed by atoms with Gasteiger partial charge in [0, 0.05) is 17.9 Å². The second-order valence-corrected chi connectivity index (χ2v) is 6.39. The molecule has 122 valence electrons. The van der Waals surface area contributed by atoms with Gasteiger partial charge < -0.3 is 10.6 Å². The largest absolute Gasteiger partial charge is 0.350 e. The van der Waals surface area contributed by atoms with Crippen LogP contribution in [-0.4, -0.2) is 33.3 Å². The van der Waals surface area contributed by atoms with Crippen LogP contribution in [0.2, 0.25) is 0 Å². The Morgan fingerprint density at radius 3 is 2.61 bits per heavy atom. The Balaban J connectivity index is 2.17. The third-order valence-corrected chi connectivity index (χ3v) is 3.02. The number of fused-ring (bicyclic) bond motifs is 1. The summed E-state index contributed by atoms with van der Waals surface area (Å²) in [5.41, 5.74) is 0.388. The van der Waals surface area contributed by atoms with E-state index in [2.05, 4.69) is 15.6 Å².